The zero-order valence-electron chi connectivity index (χ0n) is 11.5. The zero-order valence-corrected chi connectivity index (χ0v) is 11.5. The van der Waals surface area contributed by atoms with Gasteiger partial charge in [-0.25, -0.2) is 0 Å². The first-order valence-electron chi connectivity index (χ1n) is 6.84. The number of nitrogens with two attached hydrogens (primary N) is 1. The SMILES string of the molecule is CC(OCC1CC1)C(=O)NC(C(N)=O)c1ccccc1. The molecule has 0 aromatic heterocycles. The summed E-state index contributed by atoms with van der Waals surface area (Å²) in [7, 11) is 0. The van der Waals surface area contributed by atoms with Gasteiger partial charge in [0, 0.05) is 0 Å². The van der Waals surface area contributed by atoms with Crippen LogP contribution in [0, 0.1) is 5.92 Å². The summed E-state index contributed by atoms with van der Waals surface area (Å²) < 4.78 is 5.48. The summed E-state index contributed by atoms with van der Waals surface area (Å²) in [5, 5.41) is 2.64. The number of rotatable bonds is 7. The quantitative estimate of drug-likeness (QED) is 0.783. The number of benzene rings is 1. The van der Waals surface area contributed by atoms with E-state index in [1.54, 1.807) is 31.2 Å². The Morgan fingerprint density at radius 3 is 2.55 bits per heavy atom. The van der Waals surface area contributed by atoms with Gasteiger partial charge in [-0.15, -0.1) is 0 Å². The van der Waals surface area contributed by atoms with Gasteiger partial charge in [-0.05, 0) is 31.2 Å². The van der Waals surface area contributed by atoms with Gasteiger partial charge in [0.2, 0.25) is 11.8 Å². The smallest absolute Gasteiger partial charge is 0.249 e. The fraction of sp³-hybridized carbons (Fsp3) is 0.467. The maximum Gasteiger partial charge on any atom is 0.249 e. The monoisotopic (exact) mass is 276 g/mol. The van der Waals surface area contributed by atoms with Gasteiger partial charge in [0.15, 0.2) is 0 Å². The molecule has 0 saturated heterocycles. The molecule has 5 heteroatoms. The van der Waals surface area contributed by atoms with Crippen LogP contribution in [0.2, 0.25) is 0 Å². The number of nitrogens with one attached hydrogen (secondary N) is 1. The number of carbonyl (C=O) groups is 2. The summed E-state index contributed by atoms with van der Waals surface area (Å²) in [6.07, 6.45) is 1.76. The van der Waals surface area contributed by atoms with Crippen molar-refractivity contribution in [2.45, 2.75) is 31.9 Å². The van der Waals surface area contributed by atoms with E-state index in [4.69, 9.17) is 10.5 Å². The molecule has 2 unspecified atom stereocenters. The Hall–Kier alpha value is -1.88. The van der Waals surface area contributed by atoms with Gasteiger partial charge in [0.25, 0.3) is 0 Å². The molecule has 5 nitrogen and oxygen atoms in total. The number of primary amides is 1. The maximum atomic E-state index is 12.0. The third-order valence-corrected chi connectivity index (χ3v) is 3.35. The first-order valence-corrected chi connectivity index (χ1v) is 6.84. The summed E-state index contributed by atoms with van der Waals surface area (Å²) in [6.45, 7) is 2.28. The van der Waals surface area contributed by atoms with Gasteiger partial charge in [-0.1, -0.05) is 30.3 Å². The standard InChI is InChI=1S/C15H20N2O3/c1-10(20-9-11-7-8-11)15(19)17-13(14(16)18)12-5-3-2-4-6-12/h2-6,10-11,13H,7-9H2,1H3,(H2,16,18)(H,17,19). The van der Waals surface area contributed by atoms with E-state index in [1.165, 1.54) is 12.8 Å². The summed E-state index contributed by atoms with van der Waals surface area (Å²) in [6, 6.07) is 8.12. The molecule has 3 N–H and O–H groups in total. The second-order valence-electron chi connectivity index (χ2n) is 5.17. The molecular formula is C15H20N2O3. The van der Waals surface area contributed by atoms with Gasteiger partial charge in [0.1, 0.15) is 12.1 Å². The molecule has 1 aliphatic carbocycles. The van der Waals surface area contributed by atoms with Crippen LogP contribution < -0.4 is 11.1 Å². The molecule has 20 heavy (non-hydrogen) atoms. The average Bonchev–Trinajstić information content (AvgIpc) is 3.26. The van der Waals surface area contributed by atoms with E-state index >= 15 is 0 Å². The van der Waals surface area contributed by atoms with E-state index in [9.17, 15) is 9.59 Å². The Morgan fingerprint density at radius 2 is 2.00 bits per heavy atom. The van der Waals surface area contributed by atoms with E-state index in [0.717, 1.165) is 0 Å². The number of ether oxygens (including phenoxy) is 1. The van der Waals surface area contributed by atoms with Crippen LogP contribution in [0.4, 0.5) is 0 Å². The van der Waals surface area contributed by atoms with Crippen LogP contribution in [0.5, 0.6) is 0 Å². The lowest BCUT2D eigenvalue weighted by Crippen LogP contribution is -2.42. The zero-order chi connectivity index (χ0) is 14.5. The molecule has 1 aliphatic rings. The van der Waals surface area contributed by atoms with Crippen molar-refractivity contribution in [1.29, 1.82) is 0 Å². The van der Waals surface area contributed by atoms with Crippen molar-refractivity contribution >= 4 is 11.8 Å². The minimum absolute atomic E-state index is 0.321. The minimum Gasteiger partial charge on any atom is -0.368 e. The number of amides is 2. The number of carbonyl (C=O) groups excluding carboxylic acids is 2. The van der Waals surface area contributed by atoms with Crippen LogP contribution in [0.3, 0.4) is 0 Å². The van der Waals surface area contributed by atoms with Crippen molar-refractivity contribution in [2.75, 3.05) is 6.61 Å². The molecule has 1 aromatic rings. The lowest BCUT2D eigenvalue weighted by Gasteiger charge is -2.19. The summed E-state index contributed by atoms with van der Waals surface area (Å²) >= 11 is 0. The second kappa shape index (κ2) is 6.52. The summed E-state index contributed by atoms with van der Waals surface area (Å²) in [5.41, 5.74) is 6.02. The highest BCUT2D eigenvalue weighted by atomic mass is 16.5. The third kappa shape index (κ3) is 4.06. The van der Waals surface area contributed by atoms with Crippen LogP contribution in [0.25, 0.3) is 0 Å². The maximum absolute atomic E-state index is 12.0. The highest BCUT2D eigenvalue weighted by molar-refractivity contribution is 5.89. The topological polar surface area (TPSA) is 81.4 Å². The highest BCUT2D eigenvalue weighted by Gasteiger charge is 2.26. The Bertz CT molecular complexity index is 471. The molecule has 0 spiro atoms. The van der Waals surface area contributed by atoms with Crippen molar-refractivity contribution in [1.82, 2.24) is 5.32 Å². The van der Waals surface area contributed by atoms with Crippen molar-refractivity contribution in [3.63, 3.8) is 0 Å². The number of hydrogen-bond donors (Lipinski definition) is 2. The molecule has 108 valence electrons. The predicted molar refractivity (Wildman–Crippen MR) is 74.7 cm³/mol. The van der Waals surface area contributed by atoms with Crippen LogP contribution >= 0.6 is 0 Å². The van der Waals surface area contributed by atoms with E-state index in [1.807, 2.05) is 6.07 Å². The molecule has 1 fully saturated rings. The van der Waals surface area contributed by atoms with Gasteiger partial charge in [-0.2, -0.15) is 0 Å². The molecule has 2 atom stereocenters. The normalized spacial score (nSPS) is 17.2. The van der Waals surface area contributed by atoms with E-state index in [2.05, 4.69) is 5.32 Å². The first-order chi connectivity index (χ1) is 9.58. The van der Waals surface area contributed by atoms with E-state index < -0.39 is 18.1 Å². The lowest BCUT2D eigenvalue weighted by molar-refractivity contribution is -0.135. The molecule has 0 radical (unpaired) electrons. The van der Waals surface area contributed by atoms with Crippen molar-refractivity contribution in [3.8, 4) is 0 Å². The Labute approximate surface area is 118 Å². The molecule has 1 aromatic carbocycles. The van der Waals surface area contributed by atoms with Crippen molar-refractivity contribution < 1.29 is 14.3 Å². The number of hydrogen-bond acceptors (Lipinski definition) is 3. The van der Waals surface area contributed by atoms with E-state index in [0.29, 0.717) is 18.1 Å². The average molecular weight is 276 g/mol. The Morgan fingerprint density at radius 1 is 1.35 bits per heavy atom. The third-order valence-electron chi connectivity index (χ3n) is 3.35. The predicted octanol–water partition coefficient (Wildman–Crippen LogP) is 1.14. The lowest BCUT2D eigenvalue weighted by atomic mass is 10.1. The highest BCUT2D eigenvalue weighted by Crippen LogP contribution is 2.29. The van der Waals surface area contributed by atoms with Crippen LogP contribution in [0.15, 0.2) is 30.3 Å². The van der Waals surface area contributed by atoms with Crippen molar-refractivity contribution in [2.24, 2.45) is 11.7 Å². The first kappa shape index (κ1) is 14.5. The van der Waals surface area contributed by atoms with Gasteiger partial charge in [0.05, 0.1) is 6.61 Å². The Kier molecular flexibility index (Phi) is 4.74. The van der Waals surface area contributed by atoms with Gasteiger partial charge >= 0.3 is 0 Å². The van der Waals surface area contributed by atoms with Crippen LogP contribution in [0.1, 0.15) is 31.4 Å². The second-order valence-corrected chi connectivity index (χ2v) is 5.17. The van der Waals surface area contributed by atoms with Crippen molar-refractivity contribution in [3.05, 3.63) is 35.9 Å². The molecule has 0 heterocycles. The summed E-state index contributed by atoms with van der Waals surface area (Å²) in [5.74, 6) is -0.316. The molecular weight excluding hydrogens is 256 g/mol. The van der Waals surface area contributed by atoms with E-state index in [-0.39, 0.29) is 5.91 Å². The molecule has 2 amide bonds. The van der Waals surface area contributed by atoms with Crippen LogP contribution in [-0.2, 0) is 14.3 Å². The molecule has 2 rings (SSSR count). The Balaban J connectivity index is 1.93. The van der Waals surface area contributed by atoms with Crippen LogP contribution in [-0.4, -0.2) is 24.5 Å². The molecule has 1 saturated carbocycles. The fourth-order valence-electron chi connectivity index (χ4n) is 1.86. The molecule has 0 bridgehead atoms. The largest absolute Gasteiger partial charge is 0.368 e. The summed E-state index contributed by atoms with van der Waals surface area (Å²) in [4.78, 5) is 23.5. The minimum atomic E-state index is -0.823. The molecule has 0 aliphatic heterocycles. The van der Waals surface area contributed by atoms with Gasteiger partial charge < -0.3 is 15.8 Å². The fourth-order valence-corrected chi connectivity index (χ4v) is 1.86. The van der Waals surface area contributed by atoms with Gasteiger partial charge in [-0.3, -0.25) is 9.59 Å².